The largest absolute Gasteiger partial charge is 0.377 e. The van der Waals surface area contributed by atoms with Crippen LogP contribution in [0.3, 0.4) is 0 Å². The zero-order valence-electron chi connectivity index (χ0n) is 9.86. The first kappa shape index (κ1) is 14.1. The van der Waals surface area contributed by atoms with E-state index in [1.807, 2.05) is 0 Å². The molecule has 0 bridgehead atoms. The summed E-state index contributed by atoms with van der Waals surface area (Å²) in [5.74, 6) is 0.640. The van der Waals surface area contributed by atoms with Crippen molar-refractivity contribution in [3.63, 3.8) is 0 Å². The van der Waals surface area contributed by atoms with Crippen LogP contribution in [0.4, 0.5) is 0 Å². The molecule has 0 saturated carbocycles. The predicted octanol–water partition coefficient (Wildman–Crippen LogP) is 3.70. The summed E-state index contributed by atoms with van der Waals surface area (Å²) in [6, 6.07) is 0. The molecule has 0 rings (SSSR count). The molecule has 84 valence electrons. The number of hydrogen-bond acceptors (Lipinski definition) is 2. The first-order valence-corrected chi connectivity index (χ1v) is 6.05. The monoisotopic (exact) mass is 216 g/mol. The highest BCUT2D eigenvalue weighted by atomic mass is 32.1. The van der Waals surface area contributed by atoms with Crippen LogP contribution in [0.5, 0.6) is 0 Å². The van der Waals surface area contributed by atoms with Crippen LogP contribution in [-0.4, -0.2) is 18.0 Å². The average molecular weight is 216 g/mol. The van der Waals surface area contributed by atoms with Crippen molar-refractivity contribution in [3.05, 3.63) is 12.2 Å². The Morgan fingerprint density at radius 1 is 1.29 bits per heavy atom. The fraction of sp³-hybridized carbons (Fsp3) is 0.833. The highest BCUT2D eigenvalue weighted by Crippen LogP contribution is 2.10. The Labute approximate surface area is 94.3 Å². The molecule has 0 aromatic rings. The summed E-state index contributed by atoms with van der Waals surface area (Å²) < 4.78 is 5.71. The molecule has 2 heteroatoms. The van der Waals surface area contributed by atoms with E-state index >= 15 is 0 Å². The van der Waals surface area contributed by atoms with Gasteiger partial charge in [-0.2, -0.15) is 12.6 Å². The Morgan fingerprint density at radius 3 is 2.36 bits per heavy atom. The van der Waals surface area contributed by atoms with Crippen molar-refractivity contribution in [2.45, 2.75) is 51.9 Å². The summed E-state index contributed by atoms with van der Waals surface area (Å²) in [4.78, 5) is 0. The van der Waals surface area contributed by atoms with E-state index in [4.69, 9.17) is 4.74 Å². The van der Waals surface area contributed by atoms with Crippen LogP contribution in [0.25, 0.3) is 0 Å². The van der Waals surface area contributed by atoms with Crippen molar-refractivity contribution in [3.8, 4) is 0 Å². The summed E-state index contributed by atoms with van der Waals surface area (Å²) in [6.07, 6.45) is 6.76. The first-order chi connectivity index (χ1) is 6.57. The van der Waals surface area contributed by atoms with Gasteiger partial charge in [0.25, 0.3) is 0 Å². The number of allylic oxidation sites excluding steroid dienone is 1. The summed E-state index contributed by atoms with van der Waals surface area (Å²) in [5.41, 5.74) is 0. The van der Waals surface area contributed by atoms with Gasteiger partial charge in [-0.25, -0.2) is 0 Å². The normalized spacial score (nSPS) is 16.4. The van der Waals surface area contributed by atoms with Gasteiger partial charge < -0.3 is 4.74 Å². The lowest BCUT2D eigenvalue weighted by Gasteiger charge is -2.18. The zero-order valence-corrected chi connectivity index (χ0v) is 10.8. The second-order valence-electron chi connectivity index (χ2n) is 4.02. The fourth-order valence-corrected chi connectivity index (χ4v) is 1.55. The van der Waals surface area contributed by atoms with Gasteiger partial charge in [0.05, 0.1) is 12.7 Å². The third-order valence-corrected chi connectivity index (χ3v) is 2.41. The molecule has 0 aromatic carbocycles. The van der Waals surface area contributed by atoms with E-state index in [-0.39, 0.29) is 0 Å². The van der Waals surface area contributed by atoms with E-state index < -0.39 is 0 Å². The molecule has 14 heavy (non-hydrogen) atoms. The molecule has 0 heterocycles. The maximum atomic E-state index is 5.71. The molecule has 0 aliphatic carbocycles. The van der Waals surface area contributed by atoms with E-state index in [1.165, 1.54) is 0 Å². The number of rotatable bonds is 7. The van der Waals surface area contributed by atoms with E-state index in [0.717, 1.165) is 19.4 Å². The lowest BCUT2D eigenvalue weighted by atomic mass is 10.2. The molecule has 1 nitrogen and oxygen atoms in total. The molecular formula is C12H24OS. The van der Waals surface area contributed by atoms with Gasteiger partial charge in [0, 0.05) is 5.25 Å². The second-order valence-corrected chi connectivity index (χ2v) is 4.83. The van der Waals surface area contributed by atoms with Gasteiger partial charge in [0.2, 0.25) is 0 Å². The Kier molecular flexibility index (Phi) is 8.40. The van der Waals surface area contributed by atoms with Crippen LogP contribution >= 0.6 is 12.6 Å². The SMILES string of the molecule is CCC(OCC/C=C/C(C)C)C(C)S. The predicted molar refractivity (Wildman–Crippen MR) is 67.1 cm³/mol. The molecule has 0 saturated heterocycles. The van der Waals surface area contributed by atoms with Crippen LogP contribution in [0.15, 0.2) is 12.2 Å². The van der Waals surface area contributed by atoms with Crippen LogP contribution < -0.4 is 0 Å². The van der Waals surface area contributed by atoms with Crippen molar-refractivity contribution in [1.82, 2.24) is 0 Å². The van der Waals surface area contributed by atoms with Crippen LogP contribution in [-0.2, 0) is 4.74 Å². The quantitative estimate of drug-likeness (QED) is 0.388. The number of thiol groups is 1. The van der Waals surface area contributed by atoms with Crippen molar-refractivity contribution in [2.75, 3.05) is 6.61 Å². The molecule has 0 spiro atoms. The lowest BCUT2D eigenvalue weighted by Crippen LogP contribution is -2.21. The molecule has 0 aromatic heterocycles. The molecule has 2 atom stereocenters. The molecule has 0 N–H and O–H groups in total. The first-order valence-electron chi connectivity index (χ1n) is 5.54. The molecule has 0 aliphatic heterocycles. The van der Waals surface area contributed by atoms with Crippen LogP contribution in [0.2, 0.25) is 0 Å². The lowest BCUT2D eigenvalue weighted by molar-refractivity contribution is 0.0556. The van der Waals surface area contributed by atoms with Gasteiger partial charge >= 0.3 is 0 Å². The highest BCUT2D eigenvalue weighted by molar-refractivity contribution is 7.81. The van der Waals surface area contributed by atoms with E-state index in [1.54, 1.807) is 0 Å². The molecule has 0 radical (unpaired) electrons. The minimum absolute atomic E-state index is 0.297. The summed E-state index contributed by atoms with van der Waals surface area (Å²) >= 11 is 4.39. The van der Waals surface area contributed by atoms with Crippen molar-refractivity contribution in [2.24, 2.45) is 5.92 Å². The van der Waals surface area contributed by atoms with Gasteiger partial charge in [0.1, 0.15) is 0 Å². The number of ether oxygens (including phenoxy) is 1. The van der Waals surface area contributed by atoms with Crippen molar-refractivity contribution in [1.29, 1.82) is 0 Å². The van der Waals surface area contributed by atoms with Crippen molar-refractivity contribution < 1.29 is 4.74 Å². The van der Waals surface area contributed by atoms with Gasteiger partial charge in [0.15, 0.2) is 0 Å². The molecule has 0 amide bonds. The minimum Gasteiger partial charge on any atom is -0.377 e. The minimum atomic E-state index is 0.297. The van der Waals surface area contributed by atoms with E-state index in [0.29, 0.717) is 17.3 Å². The summed E-state index contributed by atoms with van der Waals surface area (Å²) in [5, 5.41) is 0.328. The zero-order chi connectivity index (χ0) is 11.0. The summed E-state index contributed by atoms with van der Waals surface area (Å²) in [7, 11) is 0. The topological polar surface area (TPSA) is 9.23 Å². The van der Waals surface area contributed by atoms with E-state index in [2.05, 4.69) is 52.5 Å². The Bertz CT molecular complexity index is 152. The van der Waals surface area contributed by atoms with Gasteiger partial charge in [-0.3, -0.25) is 0 Å². The van der Waals surface area contributed by atoms with Crippen molar-refractivity contribution >= 4 is 12.6 Å². The highest BCUT2D eigenvalue weighted by Gasteiger charge is 2.10. The number of hydrogen-bond donors (Lipinski definition) is 1. The average Bonchev–Trinajstić information content (AvgIpc) is 2.10. The molecule has 2 unspecified atom stereocenters. The maximum Gasteiger partial charge on any atom is 0.0685 e. The Balaban J connectivity index is 3.52. The van der Waals surface area contributed by atoms with E-state index in [9.17, 15) is 0 Å². The van der Waals surface area contributed by atoms with Gasteiger partial charge in [-0.15, -0.1) is 0 Å². The molecule has 0 fully saturated rings. The van der Waals surface area contributed by atoms with Gasteiger partial charge in [-0.1, -0.05) is 39.8 Å². The molecular weight excluding hydrogens is 192 g/mol. The summed E-state index contributed by atoms with van der Waals surface area (Å²) in [6.45, 7) is 9.40. The molecule has 0 aliphatic rings. The standard InChI is InChI=1S/C12H24OS/c1-5-12(11(4)14)13-9-7-6-8-10(2)3/h6,8,10-12,14H,5,7,9H2,1-4H3/b8-6+. The van der Waals surface area contributed by atoms with Crippen LogP contribution in [0.1, 0.15) is 40.5 Å². The maximum absolute atomic E-state index is 5.71. The van der Waals surface area contributed by atoms with Crippen LogP contribution in [0, 0.1) is 5.92 Å². The fourth-order valence-electron chi connectivity index (χ4n) is 1.25. The second kappa shape index (κ2) is 8.37. The smallest absolute Gasteiger partial charge is 0.0685 e. The third kappa shape index (κ3) is 7.45. The Morgan fingerprint density at radius 2 is 1.93 bits per heavy atom. The Hall–Kier alpha value is 0.0500. The third-order valence-electron chi connectivity index (χ3n) is 2.08. The van der Waals surface area contributed by atoms with Gasteiger partial charge in [-0.05, 0) is 18.8 Å².